The fourth-order valence-corrected chi connectivity index (χ4v) is 1.97. The van der Waals surface area contributed by atoms with Crippen molar-refractivity contribution in [1.29, 1.82) is 0 Å². The highest BCUT2D eigenvalue weighted by molar-refractivity contribution is 9.10. The SMILES string of the molecule is NC(=O)C1CN(C(=O)Nc2ccccc2Br)C1. The molecule has 0 unspecified atom stereocenters. The molecule has 2 rings (SSSR count). The minimum absolute atomic E-state index is 0.208. The lowest BCUT2D eigenvalue weighted by Crippen LogP contribution is -2.56. The van der Waals surface area contributed by atoms with Crippen LogP contribution in [0.1, 0.15) is 0 Å². The molecule has 0 atom stereocenters. The Morgan fingerprint density at radius 1 is 1.35 bits per heavy atom. The summed E-state index contributed by atoms with van der Waals surface area (Å²) in [7, 11) is 0. The predicted octanol–water partition coefficient (Wildman–Crippen LogP) is 1.40. The minimum Gasteiger partial charge on any atom is -0.369 e. The van der Waals surface area contributed by atoms with Gasteiger partial charge in [0.1, 0.15) is 0 Å². The molecule has 1 saturated heterocycles. The Kier molecular flexibility index (Phi) is 3.33. The number of halogens is 1. The number of rotatable bonds is 2. The van der Waals surface area contributed by atoms with Crippen molar-refractivity contribution in [1.82, 2.24) is 4.90 Å². The normalized spacial score (nSPS) is 15.2. The molecule has 90 valence electrons. The van der Waals surface area contributed by atoms with Crippen LogP contribution in [0.15, 0.2) is 28.7 Å². The van der Waals surface area contributed by atoms with Crippen LogP contribution in [0.4, 0.5) is 10.5 Å². The predicted molar refractivity (Wildman–Crippen MR) is 67.4 cm³/mol. The number of anilines is 1. The Labute approximate surface area is 107 Å². The number of benzene rings is 1. The number of nitrogens with two attached hydrogens (primary N) is 1. The average Bonchev–Trinajstić information content (AvgIpc) is 2.18. The molecule has 1 aliphatic rings. The zero-order valence-corrected chi connectivity index (χ0v) is 10.6. The van der Waals surface area contributed by atoms with E-state index in [1.807, 2.05) is 18.2 Å². The van der Waals surface area contributed by atoms with Crippen LogP contribution in [0.3, 0.4) is 0 Å². The first-order chi connectivity index (χ1) is 8.08. The van der Waals surface area contributed by atoms with Gasteiger partial charge in [0.15, 0.2) is 0 Å². The number of primary amides is 1. The lowest BCUT2D eigenvalue weighted by molar-refractivity contribution is -0.125. The molecule has 0 spiro atoms. The van der Waals surface area contributed by atoms with Gasteiger partial charge < -0.3 is 16.0 Å². The van der Waals surface area contributed by atoms with Gasteiger partial charge >= 0.3 is 6.03 Å². The van der Waals surface area contributed by atoms with Crippen LogP contribution in [0.25, 0.3) is 0 Å². The molecular weight excluding hydrogens is 286 g/mol. The summed E-state index contributed by atoms with van der Waals surface area (Å²) in [6.07, 6.45) is 0. The van der Waals surface area contributed by atoms with E-state index in [-0.39, 0.29) is 17.9 Å². The van der Waals surface area contributed by atoms with Gasteiger partial charge in [-0.25, -0.2) is 4.79 Å². The molecule has 17 heavy (non-hydrogen) atoms. The molecule has 0 radical (unpaired) electrons. The number of nitrogens with zero attached hydrogens (tertiary/aromatic N) is 1. The van der Waals surface area contributed by atoms with Gasteiger partial charge in [-0.3, -0.25) is 4.79 Å². The van der Waals surface area contributed by atoms with E-state index in [9.17, 15) is 9.59 Å². The quantitative estimate of drug-likeness (QED) is 0.866. The molecule has 0 bridgehead atoms. The van der Waals surface area contributed by atoms with Crippen molar-refractivity contribution in [3.63, 3.8) is 0 Å². The second-order valence-electron chi connectivity index (χ2n) is 3.91. The number of para-hydroxylation sites is 1. The molecule has 1 aliphatic heterocycles. The number of hydrogen-bond donors (Lipinski definition) is 2. The van der Waals surface area contributed by atoms with Crippen LogP contribution >= 0.6 is 15.9 Å². The van der Waals surface area contributed by atoms with Crippen molar-refractivity contribution in [3.05, 3.63) is 28.7 Å². The first kappa shape index (κ1) is 11.9. The summed E-state index contributed by atoms with van der Waals surface area (Å²) < 4.78 is 0.820. The van der Waals surface area contributed by atoms with Gasteiger partial charge in [-0.15, -0.1) is 0 Å². The largest absolute Gasteiger partial charge is 0.369 e. The molecule has 6 heteroatoms. The van der Waals surface area contributed by atoms with Gasteiger partial charge in [-0.2, -0.15) is 0 Å². The smallest absolute Gasteiger partial charge is 0.321 e. The third kappa shape index (κ3) is 2.58. The molecule has 1 fully saturated rings. The molecule has 1 aromatic rings. The monoisotopic (exact) mass is 297 g/mol. The van der Waals surface area contributed by atoms with Gasteiger partial charge in [0.2, 0.25) is 5.91 Å². The van der Waals surface area contributed by atoms with E-state index in [2.05, 4.69) is 21.2 Å². The van der Waals surface area contributed by atoms with Gasteiger partial charge in [0.05, 0.1) is 11.6 Å². The zero-order chi connectivity index (χ0) is 12.4. The second-order valence-corrected chi connectivity index (χ2v) is 4.77. The Morgan fingerprint density at radius 3 is 2.59 bits per heavy atom. The maximum atomic E-state index is 11.8. The fraction of sp³-hybridized carbons (Fsp3) is 0.273. The van der Waals surface area contributed by atoms with Crippen LogP contribution in [0, 0.1) is 5.92 Å². The van der Waals surface area contributed by atoms with E-state index in [4.69, 9.17) is 5.73 Å². The van der Waals surface area contributed by atoms with Crippen molar-refractivity contribution < 1.29 is 9.59 Å². The van der Waals surface area contributed by atoms with Crippen molar-refractivity contribution >= 4 is 33.6 Å². The Morgan fingerprint density at radius 2 is 2.00 bits per heavy atom. The van der Waals surface area contributed by atoms with E-state index >= 15 is 0 Å². The number of hydrogen-bond acceptors (Lipinski definition) is 2. The molecule has 5 nitrogen and oxygen atoms in total. The molecule has 0 aromatic heterocycles. The van der Waals surface area contributed by atoms with Crippen molar-refractivity contribution in [2.24, 2.45) is 11.7 Å². The highest BCUT2D eigenvalue weighted by Crippen LogP contribution is 2.23. The number of amides is 3. The highest BCUT2D eigenvalue weighted by Gasteiger charge is 2.34. The Balaban J connectivity index is 1.91. The first-order valence-corrected chi connectivity index (χ1v) is 5.97. The summed E-state index contributed by atoms with van der Waals surface area (Å²) in [6.45, 7) is 0.789. The number of carbonyl (C=O) groups is 2. The number of urea groups is 1. The minimum atomic E-state index is -0.352. The molecule has 1 heterocycles. The van der Waals surface area contributed by atoms with Gasteiger partial charge in [-0.05, 0) is 28.1 Å². The number of nitrogens with one attached hydrogen (secondary N) is 1. The lowest BCUT2D eigenvalue weighted by atomic mass is 10.0. The van der Waals surface area contributed by atoms with E-state index in [1.54, 1.807) is 11.0 Å². The Bertz CT molecular complexity index is 458. The summed E-state index contributed by atoms with van der Waals surface area (Å²) in [5.74, 6) is -0.560. The number of carbonyl (C=O) groups excluding carboxylic acids is 2. The topological polar surface area (TPSA) is 75.4 Å². The molecule has 3 amide bonds. The van der Waals surface area contributed by atoms with Gasteiger partial charge in [0, 0.05) is 17.6 Å². The van der Waals surface area contributed by atoms with Crippen LogP contribution in [0.2, 0.25) is 0 Å². The third-order valence-corrected chi connectivity index (χ3v) is 3.38. The van der Waals surface area contributed by atoms with Gasteiger partial charge in [0.25, 0.3) is 0 Å². The summed E-state index contributed by atoms with van der Waals surface area (Å²) >= 11 is 3.34. The van der Waals surface area contributed by atoms with E-state index in [0.29, 0.717) is 18.8 Å². The summed E-state index contributed by atoms with van der Waals surface area (Å²) in [4.78, 5) is 24.1. The molecule has 3 N–H and O–H groups in total. The first-order valence-electron chi connectivity index (χ1n) is 5.17. The summed E-state index contributed by atoms with van der Waals surface area (Å²) in [5.41, 5.74) is 5.84. The van der Waals surface area contributed by atoms with Crippen molar-refractivity contribution in [3.8, 4) is 0 Å². The van der Waals surface area contributed by atoms with Crippen molar-refractivity contribution in [2.45, 2.75) is 0 Å². The summed E-state index contributed by atoms with van der Waals surface area (Å²) in [6, 6.07) is 7.13. The van der Waals surface area contributed by atoms with Gasteiger partial charge in [-0.1, -0.05) is 12.1 Å². The van der Waals surface area contributed by atoms with Crippen LogP contribution in [-0.2, 0) is 4.79 Å². The number of likely N-dealkylation sites (tertiary alicyclic amines) is 1. The summed E-state index contributed by atoms with van der Waals surface area (Å²) in [5, 5.41) is 2.76. The molecular formula is C11H12BrN3O2. The van der Waals surface area contributed by atoms with E-state index in [1.165, 1.54) is 0 Å². The third-order valence-electron chi connectivity index (χ3n) is 2.69. The van der Waals surface area contributed by atoms with Crippen molar-refractivity contribution in [2.75, 3.05) is 18.4 Å². The maximum Gasteiger partial charge on any atom is 0.321 e. The van der Waals surface area contributed by atoms with E-state index in [0.717, 1.165) is 4.47 Å². The van der Waals surface area contributed by atoms with E-state index < -0.39 is 0 Å². The molecule has 0 aliphatic carbocycles. The van der Waals surface area contributed by atoms with Crippen LogP contribution in [-0.4, -0.2) is 29.9 Å². The second kappa shape index (κ2) is 4.75. The molecule has 1 aromatic carbocycles. The highest BCUT2D eigenvalue weighted by atomic mass is 79.9. The van der Waals surface area contributed by atoms with Crippen LogP contribution < -0.4 is 11.1 Å². The average molecular weight is 298 g/mol. The standard InChI is InChI=1S/C11H12BrN3O2/c12-8-3-1-2-4-9(8)14-11(17)15-5-7(6-15)10(13)16/h1-4,7H,5-6H2,(H2,13,16)(H,14,17). The molecule has 0 saturated carbocycles. The van der Waals surface area contributed by atoms with Crippen LogP contribution in [0.5, 0.6) is 0 Å². The zero-order valence-electron chi connectivity index (χ0n) is 9.02. The Hall–Kier alpha value is -1.56. The maximum absolute atomic E-state index is 11.8. The lowest BCUT2D eigenvalue weighted by Gasteiger charge is -2.37. The fourth-order valence-electron chi connectivity index (χ4n) is 1.58.